The van der Waals surface area contributed by atoms with Gasteiger partial charge >= 0.3 is 0 Å². The molecule has 0 spiro atoms. The minimum Gasteiger partial charge on any atom is -0.208 e. The summed E-state index contributed by atoms with van der Waals surface area (Å²) in [7, 11) is 0. The van der Waals surface area contributed by atoms with Crippen molar-refractivity contribution in [1.82, 2.24) is 15.0 Å². The summed E-state index contributed by atoms with van der Waals surface area (Å²) >= 11 is 0. The fourth-order valence-electron chi connectivity index (χ4n) is 7.11. The summed E-state index contributed by atoms with van der Waals surface area (Å²) in [6, 6.07) is 64.7. The number of benzene rings is 8. The van der Waals surface area contributed by atoms with Gasteiger partial charge in [-0.05, 0) is 55.4 Å². The molecule has 0 unspecified atom stereocenters. The van der Waals surface area contributed by atoms with E-state index < -0.39 is 0 Å². The van der Waals surface area contributed by atoms with Gasteiger partial charge in [-0.1, -0.05) is 176 Å². The molecule has 8 aromatic carbocycles. The van der Waals surface area contributed by atoms with Crippen molar-refractivity contribution in [3.8, 4) is 73.6 Å². The molecular formula is C48H30N4. The summed E-state index contributed by atoms with van der Waals surface area (Å²) in [6.07, 6.45) is 0. The fourth-order valence-corrected chi connectivity index (χ4v) is 7.11. The van der Waals surface area contributed by atoms with E-state index in [1.807, 2.05) is 78.9 Å². The van der Waals surface area contributed by atoms with Gasteiger partial charge in [-0.3, -0.25) is 0 Å². The summed E-state index contributed by atoms with van der Waals surface area (Å²) in [5.41, 5.74) is 9.91. The molecule has 0 radical (unpaired) electrons. The Kier molecular flexibility index (Phi) is 7.85. The maximum atomic E-state index is 10.1. The maximum absolute atomic E-state index is 10.1. The first kappa shape index (κ1) is 30.8. The van der Waals surface area contributed by atoms with E-state index in [0.29, 0.717) is 23.0 Å². The molecule has 0 aliphatic heterocycles. The molecule has 0 bridgehead atoms. The van der Waals surface area contributed by atoms with Crippen LogP contribution in [0, 0.1) is 11.3 Å². The highest BCUT2D eigenvalue weighted by Gasteiger charge is 2.18. The first-order chi connectivity index (χ1) is 25.7. The first-order valence-corrected chi connectivity index (χ1v) is 17.3. The Hall–Kier alpha value is -7.22. The standard InChI is InChI=1S/C48H30N4/c49-31-37-18-8-10-20-40(37)45-39-19-9-7-13-32(39)27-28-44(45)43-30-29-38(41-21-11-12-22-42(41)43)33-23-25-36(26-24-33)48-51-46(34-14-3-1-4-15-34)50-47(52-48)35-16-5-2-6-17-35/h1-30H. The van der Waals surface area contributed by atoms with Crippen LogP contribution >= 0.6 is 0 Å². The van der Waals surface area contributed by atoms with Crippen LogP contribution in [0.2, 0.25) is 0 Å². The van der Waals surface area contributed by atoms with Crippen molar-refractivity contribution in [2.75, 3.05) is 0 Å². The van der Waals surface area contributed by atoms with Crippen molar-refractivity contribution in [2.45, 2.75) is 0 Å². The summed E-state index contributed by atoms with van der Waals surface area (Å²) in [6.45, 7) is 0. The predicted molar refractivity (Wildman–Crippen MR) is 212 cm³/mol. The number of hydrogen-bond donors (Lipinski definition) is 0. The number of rotatable bonds is 6. The molecule has 4 heteroatoms. The molecule has 9 rings (SSSR count). The Morgan fingerprint density at radius 3 is 1.42 bits per heavy atom. The zero-order chi connectivity index (χ0) is 34.9. The normalized spacial score (nSPS) is 11.1. The van der Waals surface area contributed by atoms with Gasteiger partial charge in [0.15, 0.2) is 17.5 Å². The van der Waals surface area contributed by atoms with E-state index in [1.54, 1.807) is 0 Å². The van der Waals surface area contributed by atoms with Crippen molar-refractivity contribution >= 4 is 21.5 Å². The van der Waals surface area contributed by atoms with E-state index in [-0.39, 0.29) is 0 Å². The lowest BCUT2D eigenvalue weighted by molar-refractivity contribution is 1.07. The highest BCUT2D eigenvalue weighted by atomic mass is 15.0. The molecule has 1 aromatic heterocycles. The van der Waals surface area contributed by atoms with E-state index in [1.165, 1.54) is 0 Å². The molecule has 0 N–H and O–H groups in total. The molecular weight excluding hydrogens is 633 g/mol. The van der Waals surface area contributed by atoms with Gasteiger partial charge < -0.3 is 0 Å². The molecule has 4 nitrogen and oxygen atoms in total. The van der Waals surface area contributed by atoms with E-state index >= 15 is 0 Å². The lowest BCUT2D eigenvalue weighted by Crippen LogP contribution is -2.00. The number of hydrogen-bond acceptors (Lipinski definition) is 4. The molecule has 52 heavy (non-hydrogen) atoms. The Morgan fingerprint density at radius 2 is 0.788 bits per heavy atom. The summed E-state index contributed by atoms with van der Waals surface area (Å²) in [4.78, 5) is 14.7. The van der Waals surface area contributed by atoms with Crippen LogP contribution in [-0.2, 0) is 0 Å². The van der Waals surface area contributed by atoms with Crippen molar-refractivity contribution in [2.24, 2.45) is 0 Å². The average Bonchev–Trinajstić information content (AvgIpc) is 3.23. The molecule has 0 saturated heterocycles. The maximum Gasteiger partial charge on any atom is 0.164 e. The van der Waals surface area contributed by atoms with Crippen molar-refractivity contribution in [3.05, 3.63) is 188 Å². The van der Waals surface area contributed by atoms with E-state index in [9.17, 15) is 5.26 Å². The zero-order valence-electron chi connectivity index (χ0n) is 28.1. The van der Waals surface area contributed by atoms with Crippen LogP contribution in [0.1, 0.15) is 5.56 Å². The fraction of sp³-hybridized carbons (Fsp3) is 0. The van der Waals surface area contributed by atoms with Crippen LogP contribution in [0.15, 0.2) is 182 Å². The van der Waals surface area contributed by atoms with E-state index in [0.717, 1.165) is 71.6 Å². The highest BCUT2D eigenvalue weighted by Crippen LogP contribution is 2.43. The smallest absolute Gasteiger partial charge is 0.164 e. The Balaban J connectivity index is 1.16. The minimum absolute atomic E-state index is 0.626. The second-order valence-electron chi connectivity index (χ2n) is 12.7. The quantitative estimate of drug-likeness (QED) is 0.178. The third kappa shape index (κ3) is 5.57. The molecule has 0 amide bonds. The van der Waals surface area contributed by atoms with Crippen LogP contribution in [0.25, 0.3) is 89.1 Å². The van der Waals surface area contributed by atoms with E-state index in [2.05, 4.69) is 109 Å². The van der Waals surface area contributed by atoms with Crippen LogP contribution < -0.4 is 0 Å². The van der Waals surface area contributed by atoms with Crippen LogP contribution in [0.5, 0.6) is 0 Å². The number of fused-ring (bicyclic) bond motifs is 2. The molecule has 9 aromatic rings. The Bertz CT molecular complexity index is 2730. The average molecular weight is 663 g/mol. The van der Waals surface area contributed by atoms with Gasteiger partial charge in [0.1, 0.15) is 0 Å². The molecule has 242 valence electrons. The largest absolute Gasteiger partial charge is 0.208 e. The van der Waals surface area contributed by atoms with Crippen LogP contribution in [-0.4, -0.2) is 15.0 Å². The second kappa shape index (κ2) is 13.2. The molecule has 0 aliphatic carbocycles. The molecule has 0 atom stereocenters. The third-order valence-corrected chi connectivity index (χ3v) is 9.61. The van der Waals surface area contributed by atoms with Gasteiger partial charge in [-0.25, -0.2) is 15.0 Å². The van der Waals surface area contributed by atoms with Gasteiger partial charge in [-0.15, -0.1) is 0 Å². The van der Waals surface area contributed by atoms with Crippen molar-refractivity contribution in [1.29, 1.82) is 5.26 Å². The van der Waals surface area contributed by atoms with Gasteiger partial charge in [0.05, 0.1) is 11.6 Å². The van der Waals surface area contributed by atoms with Gasteiger partial charge in [0, 0.05) is 22.3 Å². The number of nitriles is 1. The van der Waals surface area contributed by atoms with Crippen molar-refractivity contribution in [3.63, 3.8) is 0 Å². The predicted octanol–water partition coefficient (Wildman–Crippen LogP) is 12.1. The zero-order valence-corrected chi connectivity index (χ0v) is 28.1. The molecule has 0 aliphatic rings. The van der Waals surface area contributed by atoms with E-state index in [4.69, 9.17) is 15.0 Å². The van der Waals surface area contributed by atoms with Gasteiger partial charge in [0.25, 0.3) is 0 Å². The number of nitrogens with zero attached hydrogens (tertiary/aromatic N) is 4. The summed E-state index contributed by atoms with van der Waals surface area (Å²) < 4.78 is 0. The first-order valence-electron chi connectivity index (χ1n) is 17.3. The van der Waals surface area contributed by atoms with Gasteiger partial charge in [0.2, 0.25) is 0 Å². The summed E-state index contributed by atoms with van der Waals surface area (Å²) in [5.74, 6) is 1.90. The number of aromatic nitrogens is 3. The monoisotopic (exact) mass is 662 g/mol. The summed E-state index contributed by atoms with van der Waals surface area (Å²) in [5, 5.41) is 14.7. The Morgan fingerprint density at radius 1 is 0.327 bits per heavy atom. The van der Waals surface area contributed by atoms with Crippen molar-refractivity contribution < 1.29 is 0 Å². The minimum atomic E-state index is 0.626. The van der Waals surface area contributed by atoms with Gasteiger partial charge in [-0.2, -0.15) is 5.26 Å². The lowest BCUT2D eigenvalue weighted by Gasteiger charge is -2.18. The Labute approximate surface area is 302 Å². The molecule has 0 fully saturated rings. The van der Waals surface area contributed by atoms with Crippen LogP contribution in [0.3, 0.4) is 0 Å². The highest BCUT2D eigenvalue weighted by molar-refractivity contribution is 6.11. The second-order valence-corrected chi connectivity index (χ2v) is 12.7. The molecule has 0 saturated carbocycles. The molecule has 1 heterocycles. The third-order valence-electron chi connectivity index (χ3n) is 9.61. The van der Waals surface area contributed by atoms with Crippen LogP contribution in [0.4, 0.5) is 0 Å². The lowest BCUT2D eigenvalue weighted by atomic mass is 9.85. The topological polar surface area (TPSA) is 62.5 Å². The SMILES string of the molecule is N#Cc1ccccc1-c1c(-c2ccc(-c3ccc(-c4nc(-c5ccccc5)nc(-c5ccccc5)n4)cc3)c3ccccc23)ccc2ccccc12.